The van der Waals surface area contributed by atoms with Crippen LogP contribution >= 0.6 is 0 Å². The van der Waals surface area contributed by atoms with Crippen molar-refractivity contribution in [2.45, 2.75) is 39.7 Å². The Morgan fingerprint density at radius 1 is 1.16 bits per heavy atom. The van der Waals surface area contributed by atoms with E-state index in [9.17, 15) is 9.90 Å². The van der Waals surface area contributed by atoms with Crippen LogP contribution in [0.3, 0.4) is 0 Å². The highest BCUT2D eigenvalue weighted by molar-refractivity contribution is 6.01. The lowest BCUT2D eigenvalue weighted by Gasteiger charge is -2.48. The van der Waals surface area contributed by atoms with Crippen LogP contribution in [-0.4, -0.2) is 39.6 Å². The summed E-state index contributed by atoms with van der Waals surface area (Å²) in [6, 6.07) is 11.8. The number of aromatic nitrogens is 1. The quantitative estimate of drug-likeness (QED) is 0.909. The first-order chi connectivity index (χ1) is 11.7. The molecule has 1 aromatic heterocycles. The monoisotopic (exact) mass is 338 g/mol. The molecule has 4 heteroatoms. The number of hydrogen-bond donors (Lipinski definition) is 1. The van der Waals surface area contributed by atoms with Crippen LogP contribution in [0.1, 0.15) is 43.2 Å². The van der Waals surface area contributed by atoms with E-state index in [-0.39, 0.29) is 11.3 Å². The third kappa shape index (κ3) is 3.19. The van der Waals surface area contributed by atoms with Crippen LogP contribution in [0.25, 0.3) is 11.1 Å². The first-order valence-corrected chi connectivity index (χ1v) is 8.76. The number of aryl methyl sites for hydroxylation is 1. The van der Waals surface area contributed by atoms with Gasteiger partial charge in [0.05, 0.1) is 16.9 Å². The molecular formula is C21H26N2O2. The molecule has 1 amide bonds. The first kappa shape index (κ1) is 17.6. The van der Waals surface area contributed by atoms with Crippen LogP contribution in [0.2, 0.25) is 0 Å². The Hall–Kier alpha value is -2.20. The van der Waals surface area contributed by atoms with Crippen molar-refractivity contribution in [1.29, 1.82) is 0 Å². The molecule has 2 heterocycles. The van der Waals surface area contributed by atoms with Crippen molar-refractivity contribution in [2.75, 3.05) is 13.1 Å². The topological polar surface area (TPSA) is 53.4 Å². The van der Waals surface area contributed by atoms with E-state index >= 15 is 0 Å². The Kier molecular flexibility index (Phi) is 4.41. The normalized spacial score (nSPS) is 22.7. The molecule has 132 valence electrons. The summed E-state index contributed by atoms with van der Waals surface area (Å²) in [5.74, 6) is -0.00646. The van der Waals surface area contributed by atoms with E-state index in [0.717, 1.165) is 16.8 Å². The standard InChI is InChI=1S/C21H26N2O2/c1-15-18(17(10-12-22-15)16-8-6-5-7-9-16)19(24)23-13-11-21(4,25)20(2,3)14-23/h5-10,12,25H,11,13-14H2,1-4H3/t21-/m1/s1. The number of aliphatic hydroxyl groups is 1. The molecule has 0 radical (unpaired) electrons. The number of rotatable bonds is 2. The number of piperidine rings is 1. The van der Waals surface area contributed by atoms with E-state index in [0.29, 0.717) is 25.1 Å². The van der Waals surface area contributed by atoms with Crippen LogP contribution < -0.4 is 0 Å². The van der Waals surface area contributed by atoms with Crippen molar-refractivity contribution in [1.82, 2.24) is 9.88 Å². The number of hydrogen-bond acceptors (Lipinski definition) is 3. The fourth-order valence-corrected chi connectivity index (χ4v) is 3.44. The largest absolute Gasteiger partial charge is 0.389 e. The van der Waals surface area contributed by atoms with Crippen LogP contribution in [0.5, 0.6) is 0 Å². The molecule has 0 spiro atoms. The number of carbonyl (C=O) groups excluding carboxylic acids is 1. The minimum absolute atomic E-state index is 0.00646. The lowest BCUT2D eigenvalue weighted by Crippen LogP contribution is -2.57. The van der Waals surface area contributed by atoms with E-state index < -0.39 is 5.60 Å². The Balaban J connectivity index is 1.99. The molecule has 0 bridgehead atoms. The van der Waals surface area contributed by atoms with Crippen molar-refractivity contribution < 1.29 is 9.90 Å². The Labute approximate surface area is 149 Å². The summed E-state index contributed by atoms with van der Waals surface area (Å²) in [7, 11) is 0. The van der Waals surface area contributed by atoms with Gasteiger partial charge in [0.25, 0.3) is 5.91 Å². The molecule has 1 aliphatic heterocycles. The summed E-state index contributed by atoms with van der Waals surface area (Å²) >= 11 is 0. The Bertz CT molecular complexity index is 782. The second kappa shape index (κ2) is 6.26. The van der Waals surface area contributed by atoms with Crippen molar-refractivity contribution in [3.05, 3.63) is 53.9 Å². The smallest absolute Gasteiger partial charge is 0.256 e. The number of pyridine rings is 1. The third-order valence-electron chi connectivity index (χ3n) is 5.64. The van der Waals surface area contributed by atoms with Gasteiger partial charge in [-0.15, -0.1) is 0 Å². The Morgan fingerprint density at radius 2 is 1.84 bits per heavy atom. The molecule has 0 unspecified atom stereocenters. The lowest BCUT2D eigenvalue weighted by atomic mass is 9.71. The van der Waals surface area contributed by atoms with Gasteiger partial charge < -0.3 is 10.0 Å². The Morgan fingerprint density at radius 3 is 2.48 bits per heavy atom. The maximum atomic E-state index is 13.3. The summed E-state index contributed by atoms with van der Waals surface area (Å²) in [4.78, 5) is 19.5. The van der Waals surface area contributed by atoms with E-state index in [1.54, 1.807) is 6.20 Å². The van der Waals surface area contributed by atoms with Gasteiger partial charge in [-0.05, 0) is 37.5 Å². The molecule has 1 fully saturated rings. The number of nitrogens with zero attached hydrogens (tertiary/aromatic N) is 2. The maximum Gasteiger partial charge on any atom is 0.256 e. The number of carbonyl (C=O) groups is 1. The van der Waals surface area contributed by atoms with Crippen LogP contribution in [0.15, 0.2) is 42.6 Å². The van der Waals surface area contributed by atoms with Gasteiger partial charge in [-0.25, -0.2) is 0 Å². The molecule has 2 aromatic rings. The number of benzene rings is 1. The van der Waals surface area contributed by atoms with Crippen LogP contribution in [0.4, 0.5) is 0 Å². The fraction of sp³-hybridized carbons (Fsp3) is 0.429. The highest BCUT2D eigenvalue weighted by atomic mass is 16.3. The van der Waals surface area contributed by atoms with Crippen LogP contribution in [-0.2, 0) is 0 Å². The predicted octanol–water partition coefficient (Wildman–Crippen LogP) is 3.68. The average Bonchev–Trinajstić information content (AvgIpc) is 2.57. The molecule has 25 heavy (non-hydrogen) atoms. The lowest BCUT2D eigenvalue weighted by molar-refractivity contribution is -0.0971. The zero-order valence-electron chi connectivity index (χ0n) is 15.4. The molecule has 4 nitrogen and oxygen atoms in total. The minimum atomic E-state index is -0.768. The number of likely N-dealkylation sites (tertiary alicyclic amines) is 1. The van der Waals surface area contributed by atoms with Gasteiger partial charge in [-0.1, -0.05) is 44.2 Å². The fourth-order valence-electron chi connectivity index (χ4n) is 3.44. The first-order valence-electron chi connectivity index (χ1n) is 8.76. The zero-order chi connectivity index (χ0) is 18.2. The molecule has 1 N–H and O–H groups in total. The molecule has 3 rings (SSSR count). The zero-order valence-corrected chi connectivity index (χ0v) is 15.4. The van der Waals surface area contributed by atoms with Gasteiger partial charge in [-0.2, -0.15) is 0 Å². The van der Waals surface area contributed by atoms with E-state index in [1.807, 2.05) is 69.0 Å². The van der Waals surface area contributed by atoms with Gasteiger partial charge in [-0.3, -0.25) is 9.78 Å². The molecule has 0 aliphatic carbocycles. The summed E-state index contributed by atoms with van der Waals surface area (Å²) in [5.41, 5.74) is 2.19. The molecule has 0 saturated carbocycles. The second-order valence-corrected chi connectivity index (χ2v) is 7.82. The SMILES string of the molecule is Cc1nccc(-c2ccccc2)c1C(=O)N1CC[C@@](C)(O)C(C)(C)C1. The van der Waals surface area contributed by atoms with Gasteiger partial charge in [0, 0.05) is 24.7 Å². The van der Waals surface area contributed by atoms with Crippen LogP contribution in [0, 0.1) is 12.3 Å². The van der Waals surface area contributed by atoms with Gasteiger partial charge in [0.15, 0.2) is 0 Å². The van der Waals surface area contributed by atoms with Crippen molar-refractivity contribution in [2.24, 2.45) is 5.41 Å². The molecular weight excluding hydrogens is 312 g/mol. The van der Waals surface area contributed by atoms with E-state index in [1.165, 1.54) is 0 Å². The highest BCUT2D eigenvalue weighted by Crippen LogP contribution is 2.39. The third-order valence-corrected chi connectivity index (χ3v) is 5.64. The summed E-state index contributed by atoms with van der Waals surface area (Å²) in [6.45, 7) is 8.85. The highest BCUT2D eigenvalue weighted by Gasteiger charge is 2.45. The predicted molar refractivity (Wildman–Crippen MR) is 99.3 cm³/mol. The average molecular weight is 338 g/mol. The summed E-state index contributed by atoms with van der Waals surface area (Å²) in [5, 5.41) is 10.6. The van der Waals surface area contributed by atoms with Gasteiger partial charge in [0.2, 0.25) is 0 Å². The molecule has 1 atom stereocenters. The minimum Gasteiger partial charge on any atom is -0.389 e. The maximum absolute atomic E-state index is 13.3. The van der Waals surface area contributed by atoms with Gasteiger partial charge >= 0.3 is 0 Å². The van der Waals surface area contributed by atoms with E-state index in [2.05, 4.69) is 4.98 Å². The number of amides is 1. The molecule has 1 aromatic carbocycles. The van der Waals surface area contributed by atoms with E-state index in [4.69, 9.17) is 0 Å². The molecule has 1 saturated heterocycles. The van der Waals surface area contributed by atoms with Crippen molar-refractivity contribution in [3.63, 3.8) is 0 Å². The summed E-state index contributed by atoms with van der Waals surface area (Å²) < 4.78 is 0. The van der Waals surface area contributed by atoms with Gasteiger partial charge in [0.1, 0.15) is 0 Å². The van der Waals surface area contributed by atoms with Crippen molar-refractivity contribution >= 4 is 5.91 Å². The second-order valence-electron chi connectivity index (χ2n) is 7.82. The van der Waals surface area contributed by atoms with Crippen molar-refractivity contribution in [3.8, 4) is 11.1 Å². The molecule has 1 aliphatic rings. The summed E-state index contributed by atoms with van der Waals surface area (Å²) in [6.07, 6.45) is 2.32.